The third-order valence-corrected chi connectivity index (χ3v) is 3.73. The van der Waals surface area contributed by atoms with E-state index in [4.69, 9.17) is 9.15 Å². The van der Waals surface area contributed by atoms with Gasteiger partial charge in [-0.1, -0.05) is 24.3 Å². The van der Waals surface area contributed by atoms with E-state index in [0.717, 1.165) is 11.4 Å². The van der Waals surface area contributed by atoms with Gasteiger partial charge in [-0.3, -0.25) is 4.79 Å². The van der Waals surface area contributed by atoms with Gasteiger partial charge >= 0.3 is 0 Å². The van der Waals surface area contributed by atoms with Crippen molar-refractivity contribution in [1.82, 2.24) is 20.2 Å². The summed E-state index contributed by atoms with van der Waals surface area (Å²) in [4.78, 5) is 12.4. The van der Waals surface area contributed by atoms with Gasteiger partial charge in [-0.15, -0.1) is 5.10 Å². The molecule has 2 aromatic carbocycles. The number of para-hydroxylation sites is 1. The molecule has 8 nitrogen and oxygen atoms in total. The molecule has 0 saturated heterocycles. The molecular weight excluding hydrogens is 346 g/mol. The molecule has 1 N–H and O–H groups in total. The van der Waals surface area contributed by atoms with Crippen molar-refractivity contribution in [3.63, 3.8) is 0 Å². The van der Waals surface area contributed by atoms with Gasteiger partial charge in [-0.2, -0.15) is 0 Å². The second-order valence-electron chi connectivity index (χ2n) is 5.63. The number of rotatable bonds is 6. The molecule has 0 bridgehead atoms. The SMILES string of the molecule is O=C(Nc1cccc(-n2cnnn2)c1)c1ccc(COc2ccccc2)o1. The highest BCUT2D eigenvalue weighted by molar-refractivity contribution is 6.02. The second-order valence-corrected chi connectivity index (χ2v) is 5.63. The molecule has 1 amide bonds. The minimum Gasteiger partial charge on any atom is -0.486 e. The third kappa shape index (κ3) is 4.01. The Kier molecular flexibility index (Phi) is 4.60. The number of hydrogen-bond acceptors (Lipinski definition) is 6. The minimum atomic E-state index is -0.352. The molecule has 4 aromatic rings. The number of hydrogen-bond donors (Lipinski definition) is 1. The molecular formula is C19H15N5O3. The number of ether oxygens (including phenoxy) is 1. The maximum Gasteiger partial charge on any atom is 0.291 e. The van der Waals surface area contributed by atoms with E-state index in [2.05, 4.69) is 20.8 Å². The van der Waals surface area contributed by atoms with Crippen LogP contribution in [0.1, 0.15) is 16.3 Å². The zero-order valence-electron chi connectivity index (χ0n) is 14.1. The zero-order valence-corrected chi connectivity index (χ0v) is 14.1. The quantitative estimate of drug-likeness (QED) is 0.567. The predicted molar refractivity (Wildman–Crippen MR) is 96.6 cm³/mol. The van der Waals surface area contributed by atoms with Gasteiger partial charge in [0, 0.05) is 5.69 Å². The van der Waals surface area contributed by atoms with Crippen LogP contribution in [0.4, 0.5) is 5.69 Å². The highest BCUT2D eigenvalue weighted by atomic mass is 16.5. The minimum absolute atomic E-state index is 0.203. The average molecular weight is 361 g/mol. The van der Waals surface area contributed by atoms with Crippen LogP contribution in [0.2, 0.25) is 0 Å². The molecule has 0 unspecified atom stereocenters. The summed E-state index contributed by atoms with van der Waals surface area (Å²) in [7, 11) is 0. The Hall–Kier alpha value is -3.94. The van der Waals surface area contributed by atoms with Crippen LogP contribution in [0.5, 0.6) is 5.75 Å². The standard InChI is InChI=1S/C19H15N5O3/c25-19(21-14-5-4-6-15(11-14)24-13-20-22-23-24)18-10-9-17(27-18)12-26-16-7-2-1-3-8-16/h1-11,13H,12H2,(H,21,25). The van der Waals surface area contributed by atoms with E-state index < -0.39 is 0 Å². The molecule has 0 radical (unpaired) electrons. The molecule has 8 heteroatoms. The van der Waals surface area contributed by atoms with Crippen LogP contribution in [0, 0.1) is 0 Å². The van der Waals surface area contributed by atoms with Gasteiger partial charge in [0.15, 0.2) is 5.76 Å². The van der Waals surface area contributed by atoms with Gasteiger partial charge in [0.05, 0.1) is 5.69 Å². The molecule has 0 aliphatic rings. The van der Waals surface area contributed by atoms with E-state index in [1.165, 1.54) is 11.0 Å². The maximum atomic E-state index is 12.4. The largest absolute Gasteiger partial charge is 0.486 e. The van der Waals surface area contributed by atoms with Crippen molar-refractivity contribution in [2.75, 3.05) is 5.32 Å². The van der Waals surface area contributed by atoms with E-state index in [1.54, 1.807) is 30.3 Å². The summed E-state index contributed by atoms with van der Waals surface area (Å²) < 4.78 is 12.7. The van der Waals surface area contributed by atoms with Gasteiger partial charge in [0.25, 0.3) is 5.91 Å². The molecule has 0 spiro atoms. The Morgan fingerprint density at radius 2 is 1.96 bits per heavy atom. The molecule has 134 valence electrons. The highest BCUT2D eigenvalue weighted by Gasteiger charge is 2.12. The number of nitrogens with zero attached hydrogens (tertiary/aromatic N) is 4. The lowest BCUT2D eigenvalue weighted by Crippen LogP contribution is -2.11. The summed E-state index contributed by atoms with van der Waals surface area (Å²) in [5, 5.41) is 13.8. The number of carbonyl (C=O) groups excluding carboxylic acids is 1. The third-order valence-electron chi connectivity index (χ3n) is 3.73. The fourth-order valence-corrected chi connectivity index (χ4v) is 2.45. The van der Waals surface area contributed by atoms with E-state index in [0.29, 0.717) is 11.4 Å². The molecule has 2 heterocycles. The molecule has 27 heavy (non-hydrogen) atoms. The molecule has 0 atom stereocenters. The topological polar surface area (TPSA) is 95.1 Å². The van der Waals surface area contributed by atoms with Crippen LogP contribution < -0.4 is 10.1 Å². The Bertz CT molecular complexity index is 1030. The smallest absolute Gasteiger partial charge is 0.291 e. The van der Waals surface area contributed by atoms with Gasteiger partial charge in [0.1, 0.15) is 24.4 Å². The fraction of sp³-hybridized carbons (Fsp3) is 0.0526. The van der Waals surface area contributed by atoms with Crippen molar-refractivity contribution in [2.45, 2.75) is 6.61 Å². The van der Waals surface area contributed by atoms with Crippen LogP contribution in [-0.4, -0.2) is 26.1 Å². The van der Waals surface area contributed by atoms with Crippen molar-refractivity contribution in [2.24, 2.45) is 0 Å². The molecule has 4 rings (SSSR count). The summed E-state index contributed by atoms with van der Waals surface area (Å²) in [5.74, 6) is 1.15. The highest BCUT2D eigenvalue weighted by Crippen LogP contribution is 2.17. The van der Waals surface area contributed by atoms with Crippen molar-refractivity contribution >= 4 is 11.6 Å². The summed E-state index contributed by atoms with van der Waals surface area (Å²) in [6, 6.07) is 19.9. The lowest BCUT2D eigenvalue weighted by Gasteiger charge is -2.06. The number of nitrogens with one attached hydrogen (secondary N) is 1. The van der Waals surface area contributed by atoms with Crippen molar-refractivity contribution in [3.8, 4) is 11.4 Å². The monoisotopic (exact) mass is 361 g/mol. The Labute approximate surface area is 154 Å². The number of aromatic nitrogens is 4. The molecule has 0 aliphatic heterocycles. The van der Waals surface area contributed by atoms with Crippen molar-refractivity contribution in [1.29, 1.82) is 0 Å². The molecule has 0 aliphatic carbocycles. The van der Waals surface area contributed by atoms with Crippen LogP contribution in [0.3, 0.4) is 0 Å². The Balaban J connectivity index is 1.40. The van der Waals surface area contributed by atoms with E-state index in [9.17, 15) is 4.79 Å². The molecule has 0 saturated carbocycles. The van der Waals surface area contributed by atoms with Crippen LogP contribution >= 0.6 is 0 Å². The second kappa shape index (κ2) is 7.52. The summed E-state index contributed by atoms with van der Waals surface area (Å²) in [6.07, 6.45) is 1.48. The first-order valence-electron chi connectivity index (χ1n) is 8.19. The van der Waals surface area contributed by atoms with E-state index >= 15 is 0 Å². The lowest BCUT2D eigenvalue weighted by atomic mass is 10.2. The first-order chi connectivity index (χ1) is 13.3. The predicted octanol–water partition coefficient (Wildman–Crippen LogP) is 3.09. The number of amides is 1. The van der Waals surface area contributed by atoms with Gasteiger partial charge in [-0.25, -0.2) is 4.68 Å². The first kappa shape index (κ1) is 16.5. The molecule has 2 aromatic heterocycles. The fourth-order valence-electron chi connectivity index (χ4n) is 2.45. The Morgan fingerprint density at radius 1 is 1.07 bits per heavy atom. The van der Waals surface area contributed by atoms with Crippen LogP contribution in [0.25, 0.3) is 5.69 Å². The number of anilines is 1. The van der Waals surface area contributed by atoms with Gasteiger partial charge in [0.2, 0.25) is 0 Å². The van der Waals surface area contributed by atoms with E-state index in [-0.39, 0.29) is 18.3 Å². The Morgan fingerprint density at radius 3 is 2.78 bits per heavy atom. The number of benzene rings is 2. The summed E-state index contributed by atoms with van der Waals surface area (Å²) in [6.45, 7) is 0.242. The van der Waals surface area contributed by atoms with Crippen molar-refractivity contribution in [3.05, 3.63) is 84.6 Å². The zero-order chi connectivity index (χ0) is 18.5. The summed E-state index contributed by atoms with van der Waals surface area (Å²) in [5.41, 5.74) is 1.33. The van der Waals surface area contributed by atoms with Crippen LogP contribution in [-0.2, 0) is 6.61 Å². The average Bonchev–Trinajstić information content (AvgIpc) is 3.40. The van der Waals surface area contributed by atoms with Gasteiger partial charge < -0.3 is 14.5 Å². The number of carbonyl (C=O) groups is 1. The van der Waals surface area contributed by atoms with Crippen LogP contribution in [0.15, 0.2) is 77.5 Å². The van der Waals surface area contributed by atoms with Crippen molar-refractivity contribution < 1.29 is 13.9 Å². The number of tetrazole rings is 1. The molecule has 0 fully saturated rings. The maximum absolute atomic E-state index is 12.4. The summed E-state index contributed by atoms with van der Waals surface area (Å²) >= 11 is 0. The normalized spacial score (nSPS) is 10.5. The first-order valence-corrected chi connectivity index (χ1v) is 8.19. The van der Waals surface area contributed by atoms with E-state index in [1.807, 2.05) is 36.4 Å². The number of furan rings is 1. The van der Waals surface area contributed by atoms with Gasteiger partial charge in [-0.05, 0) is 52.9 Å². The lowest BCUT2D eigenvalue weighted by molar-refractivity contribution is 0.0992.